The predicted molar refractivity (Wildman–Crippen MR) is 74.2 cm³/mol. The number of rotatable bonds is 4. The highest BCUT2D eigenvalue weighted by atomic mass is 32.2. The van der Waals surface area contributed by atoms with Crippen molar-refractivity contribution in [3.05, 3.63) is 0 Å². The Morgan fingerprint density at radius 2 is 1.47 bits per heavy atom. The molecule has 0 aliphatic heterocycles. The van der Waals surface area contributed by atoms with Crippen LogP contribution in [0.4, 0.5) is 0 Å². The normalized spacial score (nSPS) is 15.5. The van der Waals surface area contributed by atoms with E-state index in [2.05, 4.69) is 55.4 Å². The molecule has 0 fully saturated rings. The minimum atomic E-state index is 0.269. The molecule has 0 spiro atoms. The highest BCUT2D eigenvalue weighted by molar-refractivity contribution is 8.02. The molecule has 1 unspecified atom stereocenters. The van der Waals surface area contributed by atoms with Gasteiger partial charge in [-0.25, -0.2) is 0 Å². The SMILES string of the molecule is CC(C)OC(BC(C)(C)C)SC(C)(C)C. The third-order valence-electron chi connectivity index (χ3n) is 1.69. The monoisotopic (exact) mass is 230 g/mol. The van der Waals surface area contributed by atoms with Crippen LogP contribution in [-0.2, 0) is 4.74 Å². The molecule has 0 N–H and O–H groups in total. The molecular formula is C12H27BOS. The zero-order valence-corrected chi connectivity index (χ0v) is 12.5. The van der Waals surface area contributed by atoms with Gasteiger partial charge in [0.25, 0.3) is 0 Å². The van der Waals surface area contributed by atoms with Crippen molar-refractivity contribution in [3.8, 4) is 0 Å². The fraction of sp³-hybridized carbons (Fsp3) is 1.00. The molecule has 0 aliphatic rings. The number of hydrogen-bond donors (Lipinski definition) is 0. The molecule has 0 rings (SSSR count). The number of hydrogen-bond acceptors (Lipinski definition) is 2. The Morgan fingerprint density at radius 1 is 1.00 bits per heavy atom. The van der Waals surface area contributed by atoms with Crippen LogP contribution in [0, 0.1) is 0 Å². The highest BCUT2D eigenvalue weighted by Gasteiger charge is 2.27. The summed E-state index contributed by atoms with van der Waals surface area (Å²) >= 11 is 1.93. The second-order valence-electron chi connectivity index (χ2n) is 6.61. The lowest BCUT2D eigenvalue weighted by Crippen LogP contribution is -2.30. The van der Waals surface area contributed by atoms with Crippen LogP contribution < -0.4 is 0 Å². The molecule has 15 heavy (non-hydrogen) atoms. The summed E-state index contributed by atoms with van der Waals surface area (Å²) in [5, 5.41) is 0.641. The lowest BCUT2D eigenvalue weighted by Gasteiger charge is -2.31. The van der Waals surface area contributed by atoms with Gasteiger partial charge in [-0.05, 0) is 13.8 Å². The minimum absolute atomic E-state index is 0.269. The molecule has 0 radical (unpaired) electrons. The van der Waals surface area contributed by atoms with Crippen molar-refractivity contribution in [3.63, 3.8) is 0 Å². The van der Waals surface area contributed by atoms with Crippen LogP contribution in [0.2, 0.25) is 5.31 Å². The first-order valence-electron chi connectivity index (χ1n) is 5.83. The molecule has 90 valence electrons. The van der Waals surface area contributed by atoms with Crippen LogP contribution in [0.25, 0.3) is 0 Å². The lowest BCUT2D eigenvalue weighted by molar-refractivity contribution is 0.0950. The molecule has 1 atom stereocenters. The van der Waals surface area contributed by atoms with Crippen LogP contribution in [0.15, 0.2) is 0 Å². The van der Waals surface area contributed by atoms with E-state index in [-0.39, 0.29) is 4.75 Å². The van der Waals surface area contributed by atoms with Gasteiger partial charge in [0.2, 0.25) is 0 Å². The van der Waals surface area contributed by atoms with Crippen LogP contribution in [0.3, 0.4) is 0 Å². The summed E-state index contributed by atoms with van der Waals surface area (Å²) in [7, 11) is 1.10. The first-order chi connectivity index (χ1) is 6.49. The third kappa shape index (κ3) is 10.7. The fourth-order valence-electron chi connectivity index (χ4n) is 1.32. The van der Waals surface area contributed by atoms with Crippen molar-refractivity contribution >= 4 is 19.0 Å². The van der Waals surface area contributed by atoms with E-state index in [0.29, 0.717) is 16.8 Å². The van der Waals surface area contributed by atoms with E-state index >= 15 is 0 Å². The molecule has 0 amide bonds. The largest absolute Gasteiger partial charge is 0.374 e. The summed E-state index contributed by atoms with van der Waals surface area (Å²) in [6, 6.07) is 0. The standard InChI is InChI=1S/C12H27BOS/c1-9(2)14-10(13-11(3,4)5)15-12(6,7)8/h9-10,13H,1-8H3. The maximum absolute atomic E-state index is 5.97. The highest BCUT2D eigenvalue weighted by Crippen LogP contribution is 2.34. The molecule has 0 aliphatic carbocycles. The van der Waals surface area contributed by atoms with E-state index in [1.807, 2.05) is 11.8 Å². The van der Waals surface area contributed by atoms with Gasteiger partial charge in [-0.3, -0.25) is 0 Å². The Kier molecular flexibility index (Phi) is 5.77. The molecule has 0 aromatic rings. The van der Waals surface area contributed by atoms with Crippen molar-refractivity contribution < 1.29 is 4.74 Å². The zero-order valence-electron chi connectivity index (χ0n) is 11.7. The van der Waals surface area contributed by atoms with Crippen molar-refractivity contribution in [1.82, 2.24) is 0 Å². The molecule has 0 bridgehead atoms. The quantitative estimate of drug-likeness (QED) is 0.535. The third-order valence-corrected chi connectivity index (χ3v) is 2.94. The first kappa shape index (κ1) is 15.4. The number of ether oxygens (including phenoxy) is 1. The predicted octanol–water partition coefficient (Wildman–Crippen LogP) is 3.88. The summed E-state index contributed by atoms with van der Waals surface area (Å²) in [4.78, 5) is 0. The van der Waals surface area contributed by atoms with Gasteiger partial charge < -0.3 is 4.74 Å². The van der Waals surface area contributed by atoms with E-state index in [1.165, 1.54) is 0 Å². The van der Waals surface area contributed by atoms with E-state index in [4.69, 9.17) is 4.74 Å². The Balaban J connectivity index is 4.32. The summed E-state index contributed by atoms with van der Waals surface area (Å²) in [5.74, 6) is 0. The van der Waals surface area contributed by atoms with Gasteiger partial charge in [0.1, 0.15) is 0 Å². The van der Waals surface area contributed by atoms with E-state index in [0.717, 1.165) is 7.28 Å². The van der Waals surface area contributed by atoms with Gasteiger partial charge in [0, 0.05) is 4.75 Å². The lowest BCUT2D eigenvalue weighted by atomic mass is 9.56. The van der Waals surface area contributed by atoms with Crippen LogP contribution >= 0.6 is 11.8 Å². The minimum Gasteiger partial charge on any atom is -0.374 e. The molecule has 1 nitrogen and oxygen atoms in total. The summed E-state index contributed by atoms with van der Waals surface area (Å²) in [6.45, 7) is 17.8. The summed E-state index contributed by atoms with van der Waals surface area (Å²) in [6.07, 6.45) is 0.312. The maximum atomic E-state index is 5.97. The molecule has 3 heteroatoms. The molecule has 0 heterocycles. The topological polar surface area (TPSA) is 9.23 Å². The van der Waals surface area contributed by atoms with Crippen LogP contribution in [0.1, 0.15) is 55.4 Å². The van der Waals surface area contributed by atoms with Crippen LogP contribution in [-0.4, -0.2) is 23.5 Å². The first-order valence-corrected chi connectivity index (χ1v) is 6.71. The zero-order chi connectivity index (χ0) is 12.3. The van der Waals surface area contributed by atoms with Crippen molar-refractivity contribution in [1.29, 1.82) is 0 Å². The average molecular weight is 230 g/mol. The molecular weight excluding hydrogens is 203 g/mol. The Labute approximate surface area is 101 Å². The van der Waals surface area contributed by atoms with Gasteiger partial charge in [-0.15, -0.1) is 11.8 Å². The van der Waals surface area contributed by atoms with E-state index in [9.17, 15) is 0 Å². The second kappa shape index (κ2) is 5.63. The smallest absolute Gasteiger partial charge is 0.177 e. The molecule has 0 aromatic heterocycles. The van der Waals surface area contributed by atoms with Gasteiger partial charge in [-0.1, -0.05) is 46.9 Å². The van der Waals surface area contributed by atoms with Gasteiger partial charge >= 0.3 is 0 Å². The van der Waals surface area contributed by atoms with E-state index in [1.54, 1.807) is 0 Å². The van der Waals surface area contributed by atoms with Gasteiger partial charge in [-0.2, -0.15) is 0 Å². The fourth-order valence-corrected chi connectivity index (χ4v) is 2.97. The molecule has 0 saturated carbocycles. The molecule has 0 aromatic carbocycles. The molecule has 0 saturated heterocycles. The van der Waals surface area contributed by atoms with E-state index < -0.39 is 0 Å². The maximum Gasteiger partial charge on any atom is 0.177 e. The summed E-state index contributed by atoms with van der Waals surface area (Å²) in [5.41, 5.74) is 0. The van der Waals surface area contributed by atoms with Gasteiger partial charge in [0.15, 0.2) is 7.28 Å². The Hall–Kier alpha value is 0.375. The van der Waals surface area contributed by atoms with Gasteiger partial charge in [0.05, 0.1) is 11.4 Å². The van der Waals surface area contributed by atoms with Crippen molar-refractivity contribution in [2.45, 2.75) is 76.9 Å². The number of thioether (sulfide) groups is 1. The Bertz CT molecular complexity index is 163. The summed E-state index contributed by atoms with van der Waals surface area (Å²) < 4.78 is 6.23. The van der Waals surface area contributed by atoms with Crippen molar-refractivity contribution in [2.24, 2.45) is 0 Å². The second-order valence-corrected chi connectivity index (χ2v) is 8.60. The van der Waals surface area contributed by atoms with Crippen LogP contribution in [0.5, 0.6) is 0 Å². The average Bonchev–Trinajstić information content (AvgIpc) is 1.73. The Morgan fingerprint density at radius 3 is 1.73 bits per heavy atom. The van der Waals surface area contributed by atoms with Crippen molar-refractivity contribution in [2.75, 3.05) is 0 Å².